The van der Waals surface area contributed by atoms with E-state index in [0.717, 1.165) is 12.8 Å². The molecule has 6 nitrogen and oxygen atoms in total. The number of hydrazone groups is 1. The Bertz CT molecular complexity index is 992. The first-order valence-corrected chi connectivity index (χ1v) is 14.4. The van der Waals surface area contributed by atoms with Crippen LogP contribution in [-0.2, 0) is 4.79 Å². The molecule has 0 fully saturated rings. The second-order valence-corrected chi connectivity index (χ2v) is 10.0. The maximum Gasteiger partial charge on any atom is 0.343 e. The minimum absolute atomic E-state index is 0.0928. The lowest BCUT2D eigenvalue weighted by molar-refractivity contribution is -0.121. The van der Waals surface area contributed by atoms with Crippen molar-refractivity contribution >= 4 is 29.7 Å². The molecule has 7 heteroatoms. The summed E-state index contributed by atoms with van der Waals surface area (Å²) in [5, 5.41) is 4.58. The summed E-state index contributed by atoms with van der Waals surface area (Å²) in [5.74, 6) is 0.0669. The Morgan fingerprint density at radius 2 is 1.39 bits per heavy atom. The number of halogens is 1. The standard InChI is InChI=1S/C31H43ClN2O4/c1-3-4-5-6-7-8-9-10-11-12-13-14-15-16-30(35)34-33-24-25-17-22-28(29(23-25)37-2)38-31(36)26-18-20-27(32)21-19-26/h17-24H,3-16H2,1-2H3,(H,34,35)/b33-24-. The van der Waals surface area contributed by atoms with Crippen LogP contribution in [0, 0.1) is 0 Å². The molecule has 0 saturated heterocycles. The molecular formula is C31H43ClN2O4. The van der Waals surface area contributed by atoms with Gasteiger partial charge in [-0.25, -0.2) is 10.2 Å². The molecule has 0 heterocycles. The Balaban J connectivity index is 1.60. The van der Waals surface area contributed by atoms with Crippen LogP contribution >= 0.6 is 11.6 Å². The van der Waals surface area contributed by atoms with Gasteiger partial charge in [0, 0.05) is 11.4 Å². The highest BCUT2D eigenvalue weighted by molar-refractivity contribution is 6.30. The average Bonchev–Trinajstić information content (AvgIpc) is 2.92. The van der Waals surface area contributed by atoms with Gasteiger partial charge < -0.3 is 9.47 Å². The van der Waals surface area contributed by atoms with Crippen molar-refractivity contribution in [1.29, 1.82) is 0 Å². The lowest BCUT2D eigenvalue weighted by atomic mass is 10.0. The number of rotatable bonds is 19. The van der Waals surface area contributed by atoms with Gasteiger partial charge in [0.25, 0.3) is 0 Å². The third kappa shape index (κ3) is 13.1. The van der Waals surface area contributed by atoms with Crippen molar-refractivity contribution in [2.24, 2.45) is 5.10 Å². The Labute approximate surface area is 233 Å². The van der Waals surface area contributed by atoms with Gasteiger partial charge in [0.15, 0.2) is 11.5 Å². The Hall–Kier alpha value is -2.86. The quantitative estimate of drug-likeness (QED) is 0.0634. The van der Waals surface area contributed by atoms with Crippen molar-refractivity contribution in [2.75, 3.05) is 7.11 Å². The number of carbonyl (C=O) groups is 2. The van der Waals surface area contributed by atoms with E-state index in [9.17, 15) is 9.59 Å². The van der Waals surface area contributed by atoms with Crippen LogP contribution in [0.3, 0.4) is 0 Å². The van der Waals surface area contributed by atoms with E-state index in [1.165, 1.54) is 84.0 Å². The third-order valence-corrected chi connectivity index (χ3v) is 6.63. The molecule has 0 bridgehead atoms. The van der Waals surface area contributed by atoms with E-state index >= 15 is 0 Å². The molecule has 0 radical (unpaired) electrons. The van der Waals surface area contributed by atoms with Gasteiger partial charge in [-0.3, -0.25) is 4.79 Å². The topological polar surface area (TPSA) is 77.0 Å². The second-order valence-electron chi connectivity index (χ2n) is 9.59. The van der Waals surface area contributed by atoms with E-state index < -0.39 is 5.97 Å². The van der Waals surface area contributed by atoms with E-state index in [4.69, 9.17) is 21.1 Å². The van der Waals surface area contributed by atoms with Crippen LogP contribution in [0.2, 0.25) is 5.02 Å². The minimum atomic E-state index is -0.512. The van der Waals surface area contributed by atoms with Gasteiger partial charge in [-0.05, 0) is 54.4 Å². The van der Waals surface area contributed by atoms with Crippen LogP contribution in [-0.4, -0.2) is 25.2 Å². The van der Waals surface area contributed by atoms with Crippen LogP contribution in [0.15, 0.2) is 47.6 Å². The molecule has 0 aliphatic rings. The monoisotopic (exact) mass is 542 g/mol. The molecule has 0 aromatic heterocycles. The van der Waals surface area contributed by atoms with Crippen molar-refractivity contribution in [3.05, 3.63) is 58.6 Å². The summed E-state index contributed by atoms with van der Waals surface area (Å²) in [5.41, 5.74) is 3.66. The van der Waals surface area contributed by atoms with Gasteiger partial charge >= 0.3 is 5.97 Å². The van der Waals surface area contributed by atoms with Gasteiger partial charge in [0.1, 0.15) is 0 Å². The highest BCUT2D eigenvalue weighted by Crippen LogP contribution is 2.28. The predicted molar refractivity (Wildman–Crippen MR) is 155 cm³/mol. The summed E-state index contributed by atoms with van der Waals surface area (Å²) in [6, 6.07) is 11.5. The molecular weight excluding hydrogens is 500 g/mol. The maximum atomic E-state index is 12.4. The summed E-state index contributed by atoms with van der Waals surface area (Å²) >= 11 is 5.87. The molecule has 2 aromatic carbocycles. The lowest BCUT2D eigenvalue weighted by Crippen LogP contribution is -2.16. The summed E-state index contributed by atoms with van der Waals surface area (Å²) < 4.78 is 10.8. The van der Waals surface area contributed by atoms with Crippen LogP contribution in [0.25, 0.3) is 0 Å². The predicted octanol–water partition coefficient (Wildman–Crippen LogP) is 8.50. The van der Waals surface area contributed by atoms with Crippen LogP contribution in [0.1, 0.15) is 113 Å². The van der Waals surface area contributed by atoms with E-state index in [1.54, 1.807) is 42.5 Å². The molecule has 2 aromatic rings. The van der Waals surface area contributed by atoms with E-state index in [0.29, 0.717) is 28.3 Å². The van der Waals surface area contributed by atoms with Gasteiger partial charge in [0.05, 0.1) is 18.9 Å². The summed E-state index contributed by atoms with van der Waals surface area (Å²) in [4.78, 5) is 24.4. The summed E-state index contributed by atoms with van der Waals surface area (Å²) in [6.07, 6.45) is 18.6. The summed E-state index contributed by atoms with van der Waals surface area (Å²) in [7, 11) is 1.49. The zero-order valence-electron chi connectivity index (χ0n) is 23.0. The normalized spacial score (nSPS) is 11.0. The molecule has 1 N–H and O–H groups in total. The fourth-order valence-electron chi connectivity index (χ4n) is 4.13. The third-order valence-electron chi connectivity index (χ3n) is 6.38. The molecule has 208 valence electrons. The van der Waals surface area contributed by atoms with Crippen LogP contribution < -0.4 is 14.9 Å². The van der Waals surface area contributed by atoms with Gasteiger partial charge in [0.2, 0.25) is 5.91 Å². The zero-order chi connectivity index (χ0) is 27.4. The molecule has 38 heavy (non-hydrogen) atoms. The largest absolute Gasteiger partial charge is 0.493 e. The highest BCUT2D eigenvalue weighted by Gasteiger charge is 2.13. The van der Waals surface area contributed by atoms with E-state index in [1.807, 2.05) is 0 Å². The number of amides is 1. The van der Waals surface area contributed by atoms with Crippen molar-refractivity contribution in [3.63, 3.8) is 0 Å². The molecule has 2 rings (SSSR count). The van der Waals surface area contributed by atoms with Gasteiger partial charge in [-0.2, -0.15) is 5.10 Å². The molecule has 0 unspecified atom stereocenters. The van der Waals surface area contributed by atoms with Crippen molar-refractivity contribution < 1.29 is 19.1 Å². The van der Waals surface area contributed by atoms with E-state index in [-0.39, 0.29) is 11.7 Å². The smallest absolute Gasteiger partial charge is 0.343 e. The molecule has 0 aliphatic carbocycles. The summed E-state index contributed by atoms with van der Waals surface area (Å²) in [6.45, 7) is 2.26. The second kappa shape index (κ2) is 19.2. The molecule has 0 atom stereocenters. The fraction of sp³-hybridized carbons (Fsp3) is 0.516. The number of methoxy groups -OCH3 is 1. The minimum Gasteiger partial charge on any atom is -0.493 e. The number of unbranched alkanes of at least 4 members (excludes halogenated alkanes) is 12. The number of carbonyl (C=O) groups excluding carboxylic acids is 2. The van der Waals surface area contributed by atoms with Crippen molar-refractivity contribution in [3.8, 4) is 11.5 Å². The molecule has 0 spiro atoms. The van der Waals surface area contributed by atoms with Crippen molar-refractivity contribution in [2.45, 2.75) is 96.8 Å². The first-order valence-electron chi connectivity index (χ1n) is 14.0. The van der Waals surface area contributed by atoms with Gasteiger partial charge in [-0.15, -0.1) is 0 Å². The number of hydrogen-bond donors (Lipinski definition) is 1. The fourth-order valence-corrected chi connectivity index (χ4v) is 4.26. The lowest BCUT2D eigenvalue weighted by Gasteiger charge is -2.10. The number of nitrogens with zero attached hydrogens (tertiary/aromatic N) is 1. The van der Waals surface area contributed by atoms with Crippen LogP contribution in [0.5, 0.6) is 11.5 Å². The Morgan fingerprint density at radius 3 is 1.97 bits per heavy atom. The van der Waals surface area contributed by atoms with Crippen molar-refractivity contribution in [1.82, 2.24) is 5.43 Å². The SMILES string of the molecule is CCCCCCCCCCCCCCCC(=O)N/N=C\c1ccc(OC(=O)c2ccc(Cl)cc2)c(OC)c1. The number of benzene rings is 2. The molecule has 0 aliphatic heterocycles. The molecule has 0 saturated carbocycles. The maximum absolute atomic E-state index is 12.4. The molecule has 1 amide bonds. The number of hydrogen-bond acceptors (Lipinski definition) is 5. The zero-order valence-corrected chi connectivity index (χ0v) is 23.7. The van der Waals surface area contributed by atoms with Gasteiger partial charge in [-0.1, -0.05) is 95.6 Å². The Morgan fingerprint density at radius 1 is 0.816 bits per heavy atom. The number of esters is 1. The number of nitrogens with one attached hydrogen (secondary N) is 1. The average molecular weight is 543 g/mol. The first-order chi connectivity index (χ1) is 18.5. The first kappa shape index (κ1) is 31.4. The highest BCUT2D eigenvalue weighted by atomic mass is 35.5. The van der Waals surface area contributed by atoms with Crippen LogP contribution in [0.4, 0.5) is 0 Å². The van der Waals surface area contributed by atoms with E-state index in [2.05, 4.69) is 17.5 Å². The Kier molecular flexibility index (Phi) is 15.9. The number of ether oxygens (including phenoxy) is 2.